The second kappa shape index (κ2) is 7.92. The number of halogens is 2. The third kappa shape index (κ3) is 4.55. The van der Waals surface area contributed by atoms with Gasteiger partial charge in [-0.3, -0.25) is 4.79 Å². The number of nitrogens with one attached hydrogen (secondary N) is 1. The first kappa shape index (κ1) is 16.5. The van der Waals surface area contributed by atoms with Crippen LogP contribution < -0.4 is 14.8 Å². The maximum absolute atomic E-state index is 11.9. The molecule has 0 saturated carbocycles. The molecular formula is C16H15Cl2NO3. The number of hydrogen-bond donors (Lipinski definition) is 1. The Morgan fingerprint density at radius 1 is 1.09 bits per heavy atom. The molecule has 0 atom stereocenters. The van der Waals surface area contributed by atoms with Crippen LogP contribution in [0.1, 0.15) is 10.4 Å². The number of carbonyl (C=O) groups excluding carboxylic acids is 1. The first-order valence-electron chi connectivity index (χ1n) is 6.60. The van der Waals surface area contributed by atoms with E-state index in [0.717, 1.165) is 5.75 Å². The Labute approximate surface area is 138 Å². The summed E-state index contributed by atoms with van der Waals surface area (Å²) < 4.78 is 10.6. The van der Waals surface area contributed by atoms with Crippen LogP contribution in [0.15, 0.2) is 42.5 Å². The molecule has 0 aliphatic rings. The SMILES string of the molecule is COc1cccc(OCCNC(=O)c2ccc(Cl)c(Cl)c2)c1. The maximum atomic E-state index is 11.9. The fourth-order valence-corrected chi connectivity index (χ4v) is 2.06. The van der Waals surface area contributed by atoms with Crippen molar-refractivity contribution in [2.45, 2.75) is 0 Å². The zero-order valence-corrected chi connectivity index (χ0v) is 13.4. The van der Waals surface area contributed by atoms with E-state index in [0.29, 0.717) is 34.5 Å². The van der Waals surface area contributed by atoms with Crippen molar-refractivity contribution >= 4 is 29.1 Å². The Kier molecular flexibility index (Phi) is 5.92. The molecule has 0 heterocycles. The van der Waals surface area contributed by atoms with E-state index in [1.807, 2.05) is 18.2 Å². The largest absolute Gasteiger partial charge is 0.497 e. The van der Waals surface area contributed by atoms with Gasteiger partial charge in [-0.15, -0.1) is 0 Å². The van der Waals surface area contributed by atoms with Gasteiger partial charge in [0.05, 0.1) is 23.7 Å². The predicted octanol–water partition coefficient (Wildman–Crippen LogP) is 3.81. The summed E-state index contributed by atoms with van der Waals surface area (Å²) in [5.41, 5.74) is 0.454. The van der Waals surface area contributed by atoms with Gasteiger partial charge in [0.2, 0.25) is 0 Å². The van der Waals surface area contributed by atoms with Gasteiger partial charge in [0.25, 0.3) is 5.91 Å². The number of ether oxygens (including phenoxy) is 2. The Morgan fingerprint density at radius 3 is 2.59 bits per heavy atom. The van der Waals surface area contributed by atoms with Gasteiger partial charge in [0, 0.05) is 11.6 Å². The van der Waals surface area contributed by atoms with Crippen molar-refractivity contribution in [3.8, 4) is 11.5 Å². The first-order chi connectivity index (χ1) is 10.6. The summed E-state index contributed by atoms with van der Waals surface area (Å²) in [6, 6.07) is 12.0. The Hall–Kier alpha value is -1.91. The third-order valence-electron chi connectivity index (χ3n) is 2.88. The van der Waals surface area contributed by atoms with Crippen LogP contribution in [0.4, 0.5) is 0 Å². The van der Waals surface area contributed by atoms with E-state index in [2.05, 4.69) is 5.32 Å². The average molecular weight is 340 g/mol. The highest BCUT2D eigenvalue weighted by atomic mass is 35.5. The molecule has 0 fully saturated rings. The van der Waals surface area contributed by atoms with Crippen LogP contribution in [0.5, 0.6) is 11.5 Å². The number of rotatable bonds is 6. The normalized spacial score (nSPS) is 10.1. The molecule has 2 aromatic carbocycles. The van der Waals surface area contributed by atoms with Gasteiger partial charge in [-0.25, -0.2) is 0 Å². The summed E-state index contributed by atoms with van der Waals surface area (Å²) in [5.74, 6) is 1.17. The molecule has 0 aromatic heterocycles. The lowest BCUT2D eigenvalue weighted by atomic mass is 10.2. The van der Waals surface area contributed by atoms with Crippen molar-refractivity contribution in [3.63, 3.8) is 0 Å². The minimum Gasteiger partial charge on any atom is -0.497 e. The monoisotopic (exact) mass is 339 g/mol. The highest BCUT2D eigenvalue weighted by Gasteiger charge is 2.07. The van der Waals surface area contributed by atoms with Gasteiger partial charge in [0.15, 0.2) is 0 Å². The van der Waals surface area contributed by atoms with Crippen molar-refractivity contribution < 1.29 is 14.3 Å². The Morgan fingerprint density at radius 2 is 1.86 bits per heavy atom. The van der Waals surface area contributed by atoms with Crippen molar-refractivity contribution in [3.05, 3.63) is 58.1 Å². The van der Waals surface area contributed by atoms with Crippen LogP contribution in [-0.2, 0) is 0 Å². The molecule has 0 aliphatic carbocycles. The predicted molar refractivity (Wildman–Crippen MR) is 87.3 cm³/mol. The van der Waals surface area contributed by atoms with Crippen LogP contribution in [0.3, 0.4) is 0 Å². The molecule has 1 amide bonds. The molecule has 4 nitrogen and oxygen atoms in total. The van der Waals surface area contributed by atoms with Gasteiger partial charge in [-0.05, 0) is 30.3 Å². The zero-order valence-electron chi connectivity index (χ0n) is 11.9. The second-order valence-corrected chi connectivity index (χ2v) is 5.23. The fourth-order valence-electron chi connectivity index (χ4n) is 1.76. The van der Waals surface area contributed by atoms with Gasteiger partial charge in [0.1, 0.15) is 18.1 Å². The third-order valence-corrected chi connectivity index (χ3v) is 3.62. The van der Waals surface area contributed by atoms with Crippen molar-refractivity contribution in [1.82, 2.24) is 5.32 Å². The minimum atomic E-state index is -0.229. The van der Waals surface area contributed by atoms with Gasteiger partial charge in [-0.2, -0.15) is 0 Å². The van der Waals surface area contributed by atoms with Gasteiger partial charge >= 0.3 is 0 Å². The van der Waals surface area contributed by atoms with Gasteiger partial charge < -0.3 is 14.8 Å². The average Bonchev–Trinajstić information content (AvgIpc) is 2.54. The summed E-state index contributed by atoms with van der Waals surface area (Å²) in [4.78, 5) is 11.9. The molecule has 6 heteroatoms. The van der Waals surface area contributed by atoms with E-state index in [1.165, 1.54) is 6.07 Å². The Bertz CT molecular complexity index is 662. The minimum absolute atomic E-state index is 0.229. The summed E-state index contributed by atoms with van der Waals surface area (Å²) in [6.45, 7) is 0.719. The highest BCUT2D eigenvalue weighted by Crippen LogP contribution is 2.22. The van der Waals surface area contributed by atoms with Crippen LogP contribution in [0.25, 0.3) is 0 Å². The van der Waals surface area contributed by atoms with Crippen LogP contribution in [0, 0.1) is 0 Å². The quantitative estimate of drug-likeness (QED) is 0.814. The van der Waals surface area contributed by atoms with Crippen molar-refractivity contribution in [1.29, 1.82) is 0 Å². The van der Waals surface area contributed by atoms with E-state index in [1.54, 1.807) is 25.3 Å². The highest BCUT2D eigenvalue weighted by molar-refractivity contribution is 6.42. The molecule has 1 N–H and O–H groups in total. The molecule has 2 aromatic rings. The standard InChI is InChI=1S/C16H15Cl2NO3/c1-21-12-3-2-4-13(10-12)22-8-7-19-16(20)11-5-6-14(17)15(18)9-11/h2-6,9-10H,7-8H2,1H3,(H,19,20). The van der Waals surface area contributed by atoms with Crippen LogP contribution >= 0.6 is 23.2 Å². The molecule has 2 rings (SSSR count). The van der Waals surface area contributed by atoms with Crippen LogP contribution in [-0.4, -0.2) is 26.2 Å². The summed E-state index contributed by atoms with van der Waals surface area (Å²) >= 11 is 11.7. The molecule has 22 heavy (non-hydrogen) atoms. The number of carbonyl (C=O) groups is 1. The Balaban J connectivity index is 1.80. The molecule has 0 spiro atoms. The van der Waals surface area contributed by atoms with E-state index in [4.69, 9.17) is 32.7 Å². The number of methoxy groups -OCH3 is 1. The smallest absolute Gasteiger partial charge is 0.251 e. The van der Waals surface area contributed by atoms with Crippen molar-refractivity contribution in [2.75, 3.05) is 20.3 Å². The number of hydrogen-bond acceptors (Lipinski definition) is 3. The zero-order chi connectivity index (χ0) is 15.9. The molecule has 0 aliphatic heterocycles. The lowest BCUT2D eigenvalue weighted by Crippen LogP contribution is -2.28. The lowest BCUT2D eigenvalue weighted by molar-refractivity contribution is 0.0947. The number of benzene rings is 2. The molecule has 0 bridgehead atoms. The molecule has 116 valence electrons. The van der Waals surface area contributed by atoms with E-state index >= 15 is 0 Å². The molecular weight excluding hydrogens is 325 g/mol. The van der Waals surface area contributed by atoms with Crippen LogP contribution in [0.2, 0.25) is 10.0 Å². The maximum Gasteiger partial charge on any atom is 0.251 e. The van der Waals surface area contributed by atoms with E-state index in [9.17, 15) is 4.79 Å². The topological polar surface area (TPSA) is 47.6 Å². The summed E-state index contributed by atoms with van der Waals surface area (Å²) in [7, 11) is 1.59. The van der Waals surface area contributed by atoms with Crippen molar-refractivity contribution in [2.24, 2.45) is 0 Å². The lowest BCUT2D eigenvalue weighted by Gasteiger charge is -2.09. The molecule has 0 saturated heterocycles. The molecule has 0 radical (unpaired) electrons. The fraction of sp³-hybridized carbons (Fsp3) is 0.188. The second-order valence-electron chi connectivity index (χ2n) is 4.41. The van der Waals surface area contributed by atoms with E-state index in [-0.39, 0.29) is 5.91 Å². The summed E-state index contributed by atoms with van der Waals surface area (Å²) in [5, 5.41) is 3.51. The first-order valence-corrected chi connectivity index (χ1v) is 7.36. The van der Waals surface area contributed by atoms with Gasteiger partial charge in [-0.1, -0.05) is 29.3 Å². The molecule has 0 unspecified atom stereocenters. The summed E-state index contributed by atoms with van der Waals surface area (Å²) in [6.07, 6.45) is 0. The number of amides is 1. The van der Waals surface area contributed by atoms with E-state index < -0.39 is 0 Å².